The standard InChI is InChI=1S/C29H37N3O3/c1-3-4-17-30-25-15-13-24(14-16-25)29(34)32-21-28(33)27(19-22-9-6-5-7-10-22)31-20-23-11-8-12-26(18-23)35-2/h5-16,18,27-28,30-31,33H,3-4,17,19-21H2,1-2H3,(H,32,34)/t27?,28-/m1/s1. The van der Waals surface area contributed by atoms with Crippen molar-refractivity contribution in [1.82, 2.24) is 10.6 Å². The summed E-state index contributed by atoms with van der Waals surface area (Å²) in [6.07, 6.45) is 2.12. The van der Waals surface area contributed by atoms with Gasteiger partial charge in [0.05, 0.1) is 13.2 Å². The highest BCUT2D eigenvalue weighted by molar-refractivity contribution is 5.94. The van der Waals surface area contributed by atoms with Crippen molar-refractivity contribution in [2.45, 2.75) is 44.9 Å². The molecule has 6 nitrogen and oxygen atoms in total. The lowest BCUT2D eigenvalue weighted by atomic mass is 10.0. The van der Waals surface area contributed by atoms with Crippen LogP contribution < -0.4 is 20.7 Å². The minimum Gasteiger partial charge on any atom is -0.497 e. The minimum absolute atomic E-state index is 0.151. The molecule has 1 unspecified atom stereocenters. The van der Waals surface area contributed by atoms with E-state index in [0.717, 1.165) is 42.0 Å². The smallest absolute Gasteiger partial charge is 0.251 e. The first-order valence-corrected chi connectivity index (χ1v) is 12.3. The molecule has 35 heavy (non-hydrogen) atoms. The SMILES string of the molecule is CCCCNc1ccc(C(=O)NC[C@@H](O)C(Cc2ccccc2)NCc2cccc(OC)c2)cc1. The van der Waals surface area contributed by atoms with Crippen LogP contribution in [-0.4, -0.2) is 43.4 Å². The Balaban J connectivity index is 1.58. The van der Waals surface area contributed by atoms with Crippen LogP contribution in [0.25, 0.3) is 0 Å². The zero-order chi connectivity index (χ0) is 24.9. The first kappa shape index (κ1) is 26.3. The van der Waals surface area contributed by atoms with Gasteiger partial charge in [0.15, 0.2) is 0 Å². The van der Waals surface area contributed by atoms with Gasteiger partial charge in [-0.25, -0.2) is 0 Å². The maximum atomic E-state index is 12.7. The lowest BCUT2D eigenvalue weighted by Gasteiger charge is -2.25. The van der Waals surface area contributed by atoms with Crippen molar-refractivity contribution in [2.75, 3.05) is 25.5 Å². The fraction of sp³-hybridized carbons (Fsp3) is 0.345. The summed E-state index contributed by atoms with van der Waals surface area (Å²) in [7, 11) is 1.65. The summed E-state index contributed by atoms with van der Waals surface area (Å²) >= 11 is 0. The summed E-state index contributed by atoms with van der Waals surface area (Å²) in [6.45, 7) is 3.80. The van der Waals surface area contributed by atoms with E-state index in [1.807, 2.05) is 66.7 Å². The van der Waals surface area contributed by atoms with Gasteiger partial charge >= 0.3 is 0 Å². The molecule has 186 valence electrons. The lowest BCUT2D eigenvalue weighted by molar-refractivity contribution is 0.0875. The summed E-state index contributed by atoms with van der Waals surface area (Å²) < 4.78 is 5.31. The molecule has 0 bridgehead atoms. The number of carbonyl (C=O) groups is 1. The Hall–Kier alpha value is -3.35. The van der Waals surface area contributed by atoms with Crippen molar-refractivity contribution in [1.29, 1.82) is 0 Å². The molecule has 0 saturated heterocycles. The summed E-state index contributed by atoms with van der Waals surface area (Å²) in [5.41, 5.74) is 3.75. The Labute approximate surface area is 208 Å². The molecule has 0 fully saturated rings. The van der Waals surface area contributed by atoms with Crippen LogP contribution >= 0.6 is 0 Å². The molecule has 0 aliphatic heterocycles. The van der Waals surface area contributed by atoms with Crippen molar-refractivity contribution in [3.05, 3.63) is 95.6 Å². The van der Waals surface area contributed by atoms with E-state index in [0.29, 0.717) is 18.5 Å². The molecule has 6 heteroatoms. The molecule has 3 aromatic rings. The second kappa shape index (κ2) is 14.1. The first-order valence-electron chi connectivity index (χ1n) is 12.3. The molecule has 1 amide bonds. The summed E-state index contributed by atoms with van der Waals surface area (Å²) in [4.78, 5) is 12.7. The van der Waals surface area contributed by atoms with E-state index in [4.69, 9.17) is 4.74 Å². The van der Waals surface area contributed by atoms with Gasteiger partial charge in [0.25, 0.3) is 5.91 Å². The maximum Gasteiger partial charge on any atom is 0.251 e. The van der Waals surface area contributed by atoms with E-state index in [1.54, 1.807) is 19.2 Å². The van der Waals surface area contributed by atoms with Gasteiger partial charge in [-0.05, 0) is 60.4 Å². The van der Waals surface area contributed by atoms with Gasteiger partial charge in [-0.3, -0.25) is 4.79 Å². The molecular formula is C29H37N3O3. The van der Waals surface area contributed by atoms with E-state index in [2.05, 4.69) is 22.9 Å². The monoisotopic (exact) mass is 475 g/mol. The van der Waals surface area contributed by atoms with Crippen molar-refractivity contribution in [3.8, 4) is 5.75 Å². The molecule has 4 N–H and O–H groups in total. The van der Waals surface area contributed by atoms with Crippen LogP contribution in [0.15, 0.2) is 78.9 Å². The van der Waals surface area contributed by atoms with Crippen molar-refractivity contribution in [3.63, 3.8) is 0 Å². The third-order valence-corrected chi connectivity index (χ3v) is 5.94. The van der Waals surface area contributed by atoms with E-state index in [1.165, 1.54) is 0 Å². The van der Waals surface area contributed by atoms with Crippen LogP contribution in [0.1, 0.15) is 41.3 Å². The maximum absolute atomic E-state index is 12.7. The second-order valence-corrected chi connectivity index (χ2v) is 8.66. The Kier molecular flexibility index (Phi) is 10.6. The number of carbonyl (C=O) groups excluding carboxylic acids is 1. The number of benzene rings is 3. The predicted octanol–water partition coefficient (Wildman–Crippen LogP) is 4.40. The van der Waals surface area contributed by atoms with Crippen molar-refractivity contribution in [2.24, 2.45) is 0 Å². The van der Waals surface area contributed by atoms with E-state index in [9.17, 15) is 9.90 Å². The highest BCUT2D eigenvalue weighted by Crippen LogP contribution is 2.14. The number of aliphatic hydroxyl groups excluding tert-OH is 1. The molecule has 0 aliphatic rings. The minimum atomic E-state index is -0.764. The number of aliphatic hydroxyl groups is 1. The van der Waals surface area contributed by atoms with Gasteiger partial charge in [0, 0.05) is 36.9 Å². The molecule has 0 aliphatic carbocycles. The van der Waals surface area contributed by atoms with Crippen LogP contribution in [0.2, 0.25) is 0 Å². The number of hydrogen-bond acceptors (Lipinski definition) is 5. The summed E-state index contributed by atoms with van der Waals surface area (Å²) in [5.74, 6) is 0.596. The third-order valence-electron chi connectivity index (χ3n) is 5.94. The summed E-state index contributed by atoms with van der Waals surface area (Å²) in [6, 6.07) is 25.1. The Morgan fingerprint density at radius 2 is 1.71 bits per heavy atom. The van der Waals surface area contributed by atoms with E-state index in [-0.39, 0.29) is 18.5 Å². The predicted molar refractivity (Wildman–Crippen MR) is 142 cm³/mol. The lowest BCUT2D eigenvalue weighted by Crippen LogP contribution is -2.47. The highest BCUT2D eigenvalue weighted by Gasteiger charge is 2.20. The normalized spacial score (nSPS) is 12.5. The van der Waals surface area contributed by atoms with Crippen LogP contribution in [0.3, 0.4) is 0 Å². The number of hydrogen-bond donors (Lipinski definition) is 4. The largest absolute Gasteiger partial charge is 0.497 e. The highest BCUT2D eigenvalue weighted by atomic mass is 16.5. The number of ether oxygens (including phenoxy) is 1. The molecule has 0 radical (unpaired) electrons. The van der Waals surface area contributed by atoms with Gasteiger partial charge in [-0.15, -0.1) is 0 Å². The van der Waals surface area contributed by atoms with Gasteiger partial charge < -0.3 is 25.8 Å². The number of nitrogens with one attached hydrogen (secondary N) is 3. The fourth-order valence-corrected chi connectivity index (χ4v) is 3.83. The number of rotatable bonds is 14. The van der Waals surface area contributed by atoms with Crippen LogP contribution in [0.5, 0.6) is 5.75 Å². The Bertz CT molecular complexity index is 1020. The van der Waals surface area contributed by atoms with Crippen LogP contribution in [0, 0.1) is 0 Å². The molecular weight excluding hydrogens is 438 g/mol. The molecule has 0 heterocycles. The number of unbranched alkanes of at least 4 members (excludes halogenated alkanes) is 1. The quantitative estimate of drug-likeness (QED) is 0.260. The molecule has 0 aromatic heterocycles. The van der Waals surface area contributed by atoms with Gasteiger partial charge in [-0.1, -0.05) is 55.8 Å². The van der Waals surface area contributed by atoms with Crippen LogP contribution in [-0.2, 0) is 13.0 Å². The van der Waals surface area contributed by atoms with Gasteiger partial charge in [-0.2, -0.15) is 0 Å². The zero-order valence-electron chi connectivity index (χ0n) is 20.7. The first-order chi connectivity index (χ1) is 17.1. The Morgan fingerprint density at radius 1 is 0.971 bits per heavy atom. The van der Waals surface area contributed by atoms with Crippen molar-refractivity contribution >= 4 is 11.6 Å². The molecule has 2 atom stereocenters. The van der Waals surface area contributed by atoms with E-state index < -0.39 is 6.10 Å². The second-order valence-electron chi connectivity index (χ2n) is 8.66. The van der Waals surface area contributed by atoms with Gasteiger partial charge in [0.1, 0.15) is 5.75 Å². The molecule has 0 saturated carbocycles. The van der Waals surface area contributed by atoms with E-state index >= 15 is 0 Å². The Morgan fingerprint density at radius 3 is 2.43 bits per heavy atom. The van der Waals surface area contributed by atoms with Crippen molar-refractivity contribution < 1.29 is 14.6 Å². The number of amides is 1. The third kappa shape index (κ3) is 8.74. The van der Waals surface area contributed by atoms with Crippen LogP contribution in [0.4, 0.5) is 5.69 Å². The molecule has 3 aromatic carbocycles. The number of methoxy groups -OCH3 is 1. The topological polar surface area (TPSA) is 82.6 Å². The average molecular weight is 476 g/mol. The zero-order valence-corrected chi connectivity index (χ0v) is 20.7. The average Bonchev–Trinajstić information content (AvgIpc) is 2.90. The summed E-state index contributed by atoms with van der Waals surface area (Å²) in [5, 5.41) is 20.7. The molecule has 0 spiro atoms. The van der Waals surface area contributed by atoms with Gasteiger partial charge in [0.2, 0.25) is 0 Å². The number of anilines is 1. The molecule has 3 rings (SSSR count). The fourth-order valence-electron chi connectivity index (χ4n) is 3.83.